The summed E-state index contributed by atoms with van der Waals surface area (Å²) in [5.41, 5.74) is 0.586. The number of aromatic nitrogens is 4. The van der Waals surface area contributed by atoms with Crippen molar-refractivity contribution in [3.05, 3.63) is 60.1 Å². The lowest BCUT2D eigenvalue weighted by molar-refractivity contribution is 0.0699. The first-order chi connectivity index (χ1) is 12.7. The summed E-state index contributed by atoms with van der Waals surface area (Å²) in [6, 6.07) is 6.02. The molecular weight excluding hydrogens is 337 g/mol. The Morgan fingerprint density at radius 2 is 2.15 bits per heavy atom. The predicted molar refractivity (Wildman–Crippen MR) is 89.6 cm³/mol. The topological polar surface area (TPSA) is 85.0 Å². The molecule has 1 atom stereocenters. The van der Waals surface area contributed by atoms with E-state index in [9.17, 15) is 9.18 Å². The van der Waals surface area contributed by atoms with E-state index in [4.69, 9.17) is 4.52 Å². The van der Waals surface area contributed by atoms with Crippen LogP contribution in [0, 0.1) is 5.82 Å². The summed E-state index contributed by atoms with van der Waals surface area (Å²) >= 11 is 0. The number of likely N-dealkylation sites (tertiary alicyclic amines) is 1. The van der Waals surface area contributed by atoms with Gasteiger partial charge in [0.1, 0.15) is 11.5 Å². The van der Waals surface area contributed by atoms with Crippen LogP contribution in [0.5, 0.6) is 0 Å². The molecule has 1 aromatic carbocycles. The smallest absolute Gasteiger partial charge is 0.278 e. The van der Waals surface area contributed by atoms with Crippen molar-refractivity contribution in [1.82, 2.24) is 25.0 Å². The average Bonchev–Trinajstić information content (AvgIpc) is 3.19. The first kappa shape index (κ1) is 16.3. The van der Waals surface area contributed by atoms with E-state index in [-0.39, 0.29) is 17.4 Å². The Balaban J connectivity index is 1.52. The molecule has 1 fully saturated rings. The lowest BCUT2D eigenvalue weighted by Crippen LogP contribution is -2.39. The molecule has 0 radical (unpaired) electrons. The predicted octanol–water partition coefficient (Wildman–Crippen LogP) is 2.69. The van der Waals surface area contributed by atoms with Gasteiger partial charge in [-0.1, -0.05) is 17.3 Å². The molecule has 0 spiro atoms. The Bertz CT molecular complexity index is 915. The third-order valence-electron chi connectivity index (χ3n) is 4.40. The zero-order valence-electron chi connectivity index (χ0n) is 13.9. The van der Waals surface area contributed by atoms with Gasteiger partial charge in [-0.2, -0.15) is 4.98 Å². The van der Waals surface area contributed by atoms with Crippen LogP contribution in [0.1, 0.15) is 34.9 Å². The molecule has 1 saturated heterocycles. The van der Waals surface area contributed by atoms with Crippen molar-refractivity contribution in [2.75, 3.05) is 13.1 Å². The molecule has 3 aromatic rings. The molecule has 1 aliphatic rings. The van der Waals surface area contributed by atoms with Gasteiger partial charge in [0.05, 0.1) is 11.8 Å². The Labute approximate surface area is 148 Å². The molecule has 3 heterocycles. The molecule has 7 nitrogen and oxygen atoms in total. The lowest BCUT2D eigenvalue weighted by Gasteiger charge is -2.31. The second kappa shape index (κ2) is 6.99. The molecule has 0 aliphatic carbocycles. The van der Waals surface area contributed by atoms with Gasteiger partial charge in [-0.15, -0.1) is 0 Å². The van der Waals surface area contributed by atoms with Crippen molar-refractivity contribution < 1.29 is 13.7 Å². The number of hydrogen-bond donors (Lipinski definition) is 0. The van der Waals surface area contributed by atoms with E-state index in [2.05, 4.69) is 20.1 Å². The molecule has 2 aromatic heterocycles. The van der Waals surface area contributed by atoms with Gasteiger partial charge in [0, 0.05) is 31.4 Å². The summed E-state index contributed by atoms with van der Waals surface area (Å²) in [5.74, 6) is -0.0643. The fourth-order valence-corrected chi connectivity index (χ4v) is 3.09. The van der Waals surface area contributed by atoms with E-state index in [1.807, 2.05) is 0 Å². The highest BCUT2D eigenvalue weighted by molar-refractivity contribution is 5.94. The largest absolute Gasteiger partial charge is 0.338 e. The van der Waals surface area contributed by atoms with Crippen molar-refractivity contribution in [3.63, 3.8) is 0 Å². The lowest BCUT2D eigenvalue weighted by atomic mass is 9.96. The van der Waals surface area contributed by atoms with Crippen LogP contribution < -0.4 is 0 Å². The first-order valence-electron chi connectivity index (χ1n) is 8.36. The van der Waals surface area contributed by atoms with Gasteiger partial charge in [-0.25, -0.2) is 9.37 Å². The zero-order valence-corrected chi connectivity index (χ0v) is 13.9. The van der Waals surface area contributed by atoms with Crippen LogP contribution >= 0.6 is 0 Å². The molecule has 1 amide bonds. The summed E-state index contributed by atoms with van der Waals surface area (Å²) < 4.78 is 19.2. The summed E-state index contributed by atoms with van der Waals surface area (Å²) in [7, 11) is 0. The first-order valence-corrected chi connectivity index (χ1v) is 8.36. The fourth-order valence-electron chi connectivity index (χ4n) is 3.09. The number of carbonyl (C=O) groups is 1. The van der Waals surface area contributed by atoms with Crippen LogP contribution in [0.2, 0.25) is 0 Å². The monoisotopic (exact) mass is 353 g/mol. The van der Waals surface area contributed by atoms with Gasteiger partial charge in [0.2, 0.25) is 0 Å². The Morgan fingerprint density at radius 1 is 1.27 bits per heavy atom. The van der Waals surface area contributed by atoms with Crippen molar-refractivity contribution in [3.8, 4) is 11.6 Å². The second-order valence-corrected chi connectivity index (χ2v) is 6.12. The second-order valence-electron chi connectivity index (χ2n) is 6.12. The Morgan fingerprint density at radius 3 is 2.96 bits per heavy atom. The summed E-state index contributed by atoms with van der Waals surface area (Å²) in [5, 5.41) is 4.03. The number of amides is 1. The molecule has 8 heteroatoms. The van der Waals surface area contributed by atoms with Crippen molar-refractivity contribution in [2.45, 2.75) is 18.8 Å². The molecule has 0 unspecified atom stereocenters. The van der Waals surface area contributed by atoms with Gasteiger partial charge in [0.25, 0.3) is 11.8 Å². The maximum Gasteiger partial charge on any atom is 0.278 e. The number of carbonyl (C=O) groups excluding carboxylic acids is 1. The fraction of sp³-hybridized carbons (Fsp3) is 0.278. The van der Waals surface area contributed by atoms with E-state index in [1.165, 1.54) is 12.1 Å². The number of halogens is 1. The third-order valence-corrected chi connectivity index (χ3v) is 4.40. The number of rotatable bonds is 3. The maximum atomic E-state index is 13.9. The van der Waals surface area contributed by atoms with Gasteiger partial charge in [0.15, 0.2) is 5.82 Å². The Hall–Kier alpha value is -3.16. The molecule has 26 heavy (non-hydrogen) atoms. The van der Waals surface area contributed by atoms with E-state index < -0.39 is 5.82 Å². The summed E-state index contributed by atoms with van der Waals surface area (Å²) in [4.78, 5) is 26.8. The molecule has 4 rings (SSSR count). The van der Waals surface area contributed by atoms with Gasteiger partial charge >= 0.3 is 0 Å². The van der Waals surface area contributed by atoms with Crippen LogP contribution in [0.4, 0.5) is 4.39 Å². The quantitative estimate of drug-likeness (QED) is 0.720. The minimum absolute atomic E-state index is 0.0614. The summed E-state index contributed by atoms with van der Waals surface area (Å²) in [6.07, 6.45) is 6.29. The van der Waals surface area contributed by atoms with Crippen LogP contribution in [-0.4, -0.2) is 44.0 Å². The van der Waals surface area contributed by atoms with E-state index in [1.54, 1.807) is 35.6 Å². The number of nitrogens with zero attached hydrogens (tertiary/aromatic N) is 5. The normalized spacial score (nSPS) is 17.3. The highest BCUT2D eigenvalue weighted by Gasteiger charge is 2.29. The Kier molecular flexibility index (Phi) is 4.39. The van der Waals surface area contributed by atoms with Crippen molar-refractivity contribution >= 4 is 5.91 Å². The molecule has 132 valence electrons. The minimum Gasteiger partial charge on any atom is -0.338 e. The highest BCUT2D eigenvalue weighted by atomic mass is 19.1. The molecular formula is C18H16FN5O2. The number of piperidine rings is 1. The van der Waals surface area contributed by atoms with Crippen molar-refractivity contribution in [1.29, 1.82) is 0 Å². The minimum atomic E-state index is -0.510. The SMILES string of the molecule is O=C(c1ccccc1F)N1CCC[C@@H](c2noc(-c3cnccn3)n2)C1. The molecule has 1 aliphatic heterocycles. The van der Waals surface area contributed by atoms with E-state index >= 15 is 0 Å². The van der Waals surface area contributed by atoms with Gasteiger partial charge in [-0.3, -0.25) is 9.78 Å². The average molecular weight is 353 g/mol. The third kappa shape index (κ3) is 3.17. The van der Waals surface area contributed by atoms with Crippen LogP contribution in [0.25, 0.3) is 11.6 Å². The number of hydrogen-bond acceptors (Lipinski definition) is 6. The molecule has 0 N–H and O–H groups in total. The van der Waals surface area contributed by atoms with Crippen molar-refractivity contribution in [2.24, 2.45) is 0 Å². The highest BCUT2D eigenvalue weighted by Crippen LogP contribution is 2.27. The van der Waals surface area contributed by atoms with Crippen LogP contribution in [0.15, 0.2) is 47.4 Å². The zero-order chi connectivity index (χ0) is 17.9. The maximum absolute atomic E-state index is 13.9. The number of benzene rings is 1. The molecule has 0 saturated carbocycles. The van der Waals surface area contributed by atoms with E-state index in [0.717, 1.165) is 12.8 Å². The van der Waals surface area contributed by atoms with Crippen LogP contribution in [-0.2, 0) is 0 Å². The van der Waals surface area contributed by atoms with Gasteiger partial charge in [-0.05, 0) is 25.0 Å². The molecule has 0 bridgehead atoms. The summed E-state index contributed by atoms with van der Waals surface area (Å²) in [6.45, 7) is 1.01. The van der Waals surface area contributed by atoms with Crippen LogP contribution in [0.3, 0.4) is 0 Å². The van der Waals surface area contributed by atoms with Gasteiger partial charge < -0.3 is 9.42 Å². The van der Waals surface area contributed by atoms with E-state index in [0.29, 0.717) is 30.5 Å². The standard InChI is InChI=1S/C18H16FN5O2/c19-14-6-2-1-5-13(14)18(25)24-9-3-4-12(11-24)16-22-17(26-23-16)15-10-20-7-8-21-15/h1-2,5-8,10,12H,3-4,9,11H2/t12-/m1/s1.